The lowest BCUT2D eigenvalue weighted by Crippen LogP contribution is -2.44. The molecule has 0 spiro atoms. The molecule has 20 heavy (non-hydrogen) atoms. The number of benzene rings is 1. The molecule has 1 aliphatic rings. The number of rotatable bonds is 3. The van der Waals surface area contributed by atoms with Crippen LogP contribution < -0.4 is 5.32 Å². The molecular weight excluding hydrogens is 298 g/mol. The molecule has 0 unspecified atom stereocenters. The first-order valence-electron chi connectivity index (χ1n) is 6.69. The van der Waals surface area contributed by atoms with Crippen molar-refractivity contribution in [1.82, 2.24) is 4.90 Å². The summed E-state index contributed by atoms with van der Waals surface area (Å²) in [6.07, 6.45) is 3.57. The fraction of sp³-hybridized carbons (Fsp3) is 0.500. The van der Waals surface area contributed by atoms with Gasteiger partial charge in [0.25, 0.3) is 5.76 Å². The van der Waals surface area contributed by atoms with Gasteiger partial charge in [-0.25, -0.2) is 0 Å². The van der Waals surface area contributed by atoms with Crippen LogP contribution in [-0.4, -0.2) is 28.4 Å². The molecule has 6 heteroatoms. The summed E-state index contributed by atoms with van der Waals surface area (Å²) in [5.74, 6) is -2.39. The molecule has 0 saturated carbocycles. The van der Waals surface area contributed by atoms with E-state index in [1.54, 1.807) is 24.3 Å². The minimum absolute atomic E-state index is 0.456. The maximum Gasteiger partial charge on any atom is 0.288 e. The van der Waals surface area contributed by atoms with Gasteiger partial charge < -0.3 is 10.2 Å². The van der Waals surface area contributed by atoms with Crippen molar-refractivity contribution >= 4 is 34.8 Å². The number of hydrogen-bond acceptors (Lipinski definition) is 2. The summed E-state index contributed by atoms with van der Waals surface area (Å²) in [4.78, 5) is 2.75. The summed E-state index contributed by atoms with van der Waals surface area (Å²) in [6.45, 7) is 3.15. The van der Waals surface area contributed by atoms with Crippen LogP contribution in [0.15, 0.2) is 29.2 Å². The Morgan fingerprint density at radius 3 is 2.65 bits per heavy atom. The number of halogens is 2. The second-order valence-corrected chi connectivity index (χ2v) is 6.32. The smallest absolute Gasteiger partial charge is 0.288 e. The molecule has 1 N–H and O–H groups in total. The summed E-state index contributed by atoms with van der Waals surface area (Å²) in [5.41, 5.74) is 0.839. The summed E-state index contributed by atoms with van der Waals surface area (Å²) in [7, 11) is 0. The Hall–Kier alpha value is -0.880. The molecule has 1 atom stereocenters. The largest absolute Gasteiger partial charge is 0.346 e. The van der Waals surface area contributed by atoms with E-state index in [0.29, 0.717) is 27.8 Å². The molecule has 1 aromatic rings. The summed E-state index contributed by atoms with van der Waals surface area (Å²) >= 11 is 5.98. The van der Waals surface area contributed by atoms with Crippen molar-refractivity contribution in [2.45, 2.75) is 42.9 Å². The number of likely N-dealkylation sites (tertiary alicyclic amines) is 1. The molecule has 0 aromatic heterocycles. The fourth-order valence-corrected chi connectivity index (χ4v) is 3.20. The molecule has 1 aromatic carbocycles. The predicted molar refractivity (Wildman–Crippen MR) is 84.5 cm³/mol. The van der Waals surface area contributed by atoms with Crippen LogP contribution in [0, 0.1) is 0 Å². The van der Waals surface area contributed by atoms with Gasteiger partial charge in [-0.3, -0.25) is 0 Å². The summed E-state index contributed by atoms with van der Waals surface area (Å²) in [5, 5.41) is 3.90. The van der Waals surface area contributed by atoms with Crippen LogP contribution in [0.5, 0.6) is 0 Å². The minimum atomic E-state index is -2.39. The average Bonchev–Trinajstić information content (AvgIpc) is 2.41. The van der Waals surface area contributed by atoms with Gasteiger partial charge >= 0.3 is 0 Å². The highest BCUT2D eigenvalue weighted by Gasteiger charge is 2.20. The van der Waals surface area contributed by atoms with Crippen LogP contribution >= 0.6 is 24.0 Å². The van der Waals surface area contributed by atoms with E-state index in [0.717, 1.165) is 25.1 Å². The lowest BCUT2D eigenvalue weighted by Gasteiger charge is -2.35. The second kappa shape index (κ2) is 7.22. The SMILES string of the molecule is C[C@@H]1CCCCN1C(=S)Nc1ccc(SC(F)F)cc1. The molecule has 2 rings (SSSR count). The molecule has 1 heterocycles. The van der Waals surface area contributed by atoms with Crippen LogP contribution in [0.4, 0.5) is 14.5 Å². The number of anilines is 1. The Morgan fingerprint density at radius 1 is 1.35 bits per heavy atom. The molecule has 0 amide bonds. The molecule has 1 aliphatic heterocycles. The Kier molecular flexibility index (Phi) is 5.60. The van der Waals surface area contributed by atoms with Crippen LogP contribution in [0.3, 0.4) is 0 Å². The van der Waals surface area contributed by atoms with Gasteiger partial charge in [-0.1, -0.05) is 11.8 Å². The number of piperidine rings is 1. The second-order valence-electron chi connectivity index (χ2n) is 4.87. The minimum Gasteiger partial charge on any atom is -0.346 e. The highest BCUT2D eigenvalue weighted by atomic mass is 32.2. The number of nitrogens with zero attached hydrogens (tertiary/aromatic N) is 1. The van der Waals surface area contributed by atoms with E-state index in [-0.39, 0.29) is 0 Å². The maximum atomic E-state index is 12.2. The van der Waals surface area contributed by atoms with Gasteiger partial charge in [0.1, 0.15) is 0 Å². The highest BCUT2D eigenvalue weighted by Crippen LogP contribution is 2.26. The number of hydrogen-bond donors (Lipinski definition) is 1. The third-order valence-electron chi connectivity index (χ3n) is 3.39. The van der Waals surface area contributed by atoms with Gasteiger partial charge in [0.2, 0.25) is 0 Å². The third-order valence-corrected chi connectivity index (χ3v) is 4.45. The van der Waals surface area contributed by atoms with Crippen molar-refractivity contribution in [2.24, 2.45) is 0 Å². The Labute approximate surface area is 127 Å². The Morgan fingerprint density at radius 2 is 2.05 bits per heavy atom. The highest BCUT2D eigenvalue weighted by molar-refractivity contribution is 7.99. The van der Waals surface area contributed by atoms with Gasteiger partial charge in [0.05, 0.1) is 0 Å². The first-order valence-corrected chi connectivity index (χ1v) is 7.97. The number of thiocarbonyl (C=S) groups is 1. The van der Waals surface area contributed by atoms with E-state index in [1.807, 2.05) is 0 Å². The number of thioether (sulfide) groups is 1. The van der Waals surface area contributed by atoms with E-state index in [2.05, 4.69) is 17.1 Å². The molecule has 110 valence electrons. The monoisotopic (exact) mass is 316 g/mol. The summed E-state index contributed by atoms with van der Waals surface area (Å²) < 4.78 is 24.5. The molecule has 0 radical (unpaired) electrons. The van der Waals surface area contributed by atoms with Crippen LogP contribution in [0.1, 0.15) is 26.2 Å². The standard InChI is InChI=1S/C14H18F2N2S2/c1-10-4-2-3-9-18(10)14(19)17-11-5-7-12(8-6-11)20-13(15)16/h5-8,10,13H,2-4,9H2,1H3,(H,17,19)/t10-/m1/s1. The van der Waals surface area contributed by atoms with Crippen molar-refractivity contribution in [3.63, 3.8) is 0 Å². The molecule has 2 nitrogen and oxygen atoms in total. The van der Waals surface area contributed by atoms with Gasteiger partial charge in [0, 0.05) is 23.2 Å². The zero-order valence-corrected chi connectivity index (χ0v) is 12.9. The van der Waals surface area contributed by atoms with Crippen molar-refractivity contribution in [3.05, 3.63) is 24.3 Å². The van der Waals surface area contributed by atoms with Gasteiger partial charge in [-0.2, -0.15) is 8.78 Å². The first-order chi connectivity index (χ1) is 9.56. The normalized spacial score (nSPS) is 19.2. The van der Waals surface area contributed by atoms with Gasteiger partial charge in [-0.15, -0.1) is 0 Å². The van der Waals surface area contributed by atoms with E-state index in [4.69, 9.17) is 12.2 Å². The van der Waals surface area contributed by atoms with E-state index in [9.17, 15) is 8.78 Å². The zero-order valence-electron chi connectivity index (χ0n) is 11.3. The number of alkyl halides is 2. The van der Waals surface area contributed by atoms with Gasteiger partial charge in [0.15, 0.2) is 5.11 Å². The average molecular weight is 316 g/mol. The molecule has 0 bridgehead atoms. The Bertz CT molecular complexity index is 451. The zero-order chi connectivity index (χ0) is 14.5. The van der Waals surface area contributed by atoms with Crippen molar-refractivity contribution in [1.29, 1.82) is 0 Å². The van der Waals surface area contributed by atoms with E-state index >= 15 is 0 Å². The first kappa shape index (κ1) is 15.5. The fourth-order valence-electron chi connectivity index (χ4n) is 2.31. The van der Waals surface area contributed by atoms with Gasteiger partial charge in [-0.05, 0) is 62.7 Å². The topological polar surface area (TPSA) is 15.3 Å². The van der Waals surface area contributed by atoms with E-state index < -0.39 is 5.76 Å². The molecule has 0 aliphatic carbocycles. The van der Waals surface area contributed by atoms with Crippen LogP contribution in [-0.2, 0) is 0 Å². The third kappa shape index (κ3) is 4.31. The molecule has 1 saturated heterocycles. The van der Waals surface area contributed by atoms with E-state index in [1.165, 1.54) is 6.42 Å². The van der Waals surface area contributed by atoms with Crippen molar-refractivity contribution in [2.75, 3.05) is 11.9 Å². The lowest BCUT2D eigenvalue weighted by molar-refractivity contribution is 0.252. The Balaban J connectivity index is 1.93. The molecular formula is C14H18F2N2S2. The number of nitrogens with one attached hydrogen (secondary N) is 1. The molecule has 1 fully saturated rings. The maximum absolute atomic E-state index is 12.2. The van der Waals surface area contributed by atoms with Crippen LogP contribution in [0.2, 0.25) is 0 Å². The van der Waals surface area contributed by atoms with Crippen molar-refractivity contribution in [3.8, 4) is 0 Å². The lowest BCUT2D eigenvalue weighted by atomic mass is 10.0. The predicted octanol–water partition coefficient (Wildman–Crippen LogP) is 4.57. The summed E-state index contributed by atoms with van der Waals surface area (Å²) in [6, 6.07) is 7.39. The quantitative estimate of drug-likeness (QED) is 0.648. The van der Waals surface area contributed by atoms with Crippen LogP contribution in [0.25, 0.3) is 0 Å². The van der Waals surface area contributed by atoms with Crippen molar-refractivity contribution < 1.29 is 8.78 Å².